The van der Waals surface area contributed by atoms with Gasteiger partial charge in [0.2, 0.25) is 0 Å². The third kappa shape index (κ3) is 1.74. The van der Waals surface area contributed by atoms with Crippen molar-refractivity contribution in [2.24, 2.45) is 7.05 Å². The van der Waals surface area contributed by atoms with E-state index in [4.69, 9.17) is 5.73 Å². The van der Waals surface area contributed by atoms with Gasteiger partial charge >= 0.3 is 0 Å². The van der Waals surface area contributed by atoms with Crippen LogP contribution in [0.25, 0.3) is 11.3 Å². The maximum atomic E-state index is 5.83. The zero-order valence-corrected chi connectivity index (χ0v) is 10.8. The molecule has 2 aromatic rings. The zero-order chi connectivity index (χ0) is 12.7. The van der Waals surface area contributed by atoms with Gasteiger partial charge in [0, 0.05) is 38.0 Å². The molecule has 1 aromatic heterocycles. The van der Waals surface area contributed by atoms with Gasteiger partial charge in [0.25, 0.3) is 0 Å². The van der Waals surface area contributed by atoms with E-state index in [1.807, 2.05) is 13.1 Å². The molecule has 1 aromatic carbocycles. The summed E-state index contributed by atoms with van der Waals surface area (Å²) in [5, 5.41) is 4.43. The number of hydrogen-bond donors (Lipinski definition) is 1. The van der Waals surface area contributed by atoms with Crippen molar-refractivity contribution in [3.8, 4) is 11.3 Å². The van der Waals surface area contributed by atoms with Gasteiger partial charge in [-0.1, -0.05) is 6.07 Å². The molecular weight excluding hydrogens is 224 g/mol. The number of benzene rings is 1. The molecular formula is C14H18N4. The van der Waals surface area contributed by atoms with Crippen LogP contribution in [0.5, 0.6) is 0 Å². The maximum Gasteiger partial charge on any atom is 0.121 e. The molecule has 2 N–H and O–H groups in total. The average molecular weight is 242 g/mol. The van der Waals surface area contributed by atoms with Gasteiger partial charge in [-0.05, 0) is 30.5 Å². The number of nitrogens with zero attached hydrogens (tertiary/aromatic N) is 3. The molecule has 3 rings (SSSR count). The molecule has 94 valence electrons. The highest BCUT2D eigenvalue weighted by Gasteiger charge is 2.15. The lowest BCUT2D eigenvalue weighted by molar-refractivity contribution is 0.744. The molecule has 4 heteroatoms. The first-order valence-corrected chi connectivity index (χ1v) is 6.29. The van der Waals surface area contributed by atoms with Crippen LogP contribution >= 0.6 is 0 Å². The van der Waals surface area contributed by atoms with Crippen LogP contribution in [0.2, 0.25) is 0 Å². The summed E-state index contributed by atoms with van der Waals surface area (Å²) in [7, 11) is 4.02. The molecule has 0 saturated heterocycles. The van der Waals surface area contributed by atoms with Gasteiger partial charge < -0.3 is 10.6 Å². The van der Waals surface area contributed by atoms with Crippen LogP contribution in [-0.4, -0.2) is 23.4 Å². The number of rotatable bonds is 1. The topological polar surface area (TPSA) is 47.1 Å². The van der Waals surface area contributed by atoms with Crippen LogP contribution in [0.15, 0.2) is 24.3 Å². The van der Waals surface area contributed by atoms with Crippen LogP contribution in [0.4, 0.5) is 11.5 Å². The number of aromatic nitrogens is 2. The fourth-order valence-electron chi connectivity index (χ4n) is 2.57. The highest BCUT2D eigenvalue weighted by Crippen LogP contribution is 2.30. The van der Waals surface area contributed by atoms with E-state index in [1.54, 1.807) is 4.68 Å². The minimum absolute atomic E-state index is 0.694. The molecule has 0 radical (unpaired) electrons. The Morgan fingerprint density at radius 1 is 1.22 bits per heavy atom. The van der Waals surface area contributed by atoms with Crippen molar-refractivity contribution < 1.29 is 0 Å². The van der Waals surface area contributed by atoms with Crippen LogP contribution in [0, 0.1) is 0 Å². The Hall–Kier alpha value is -1.97. The quantitative estimate of drug-likeness (QED) is 0.832. The SMILES string of the molecule is CN1CCCc2cc(-c3cc(N)n(C)n3)ccc21. The Balaban J connectivity index is 2.04. The van der Waals surface area contributed by atoms with Gasteiger partial charge in [-0.3, -0.25) is 4.68 Å². The number of fused-ring (bicyclic) bond motifs is 1. The summed E-state index contributed by atoms with van der Waals surface area (Å²) in [4.78, 5) is 2.31. The van der Waals surface area contributed by atoms with E-state index in [9.17, 15) is 0 Å². The van der Waals surface area contributed by atoms with Crippen LogP contribution in [0.3, 0.4) is 0 Å². The van der Waals surface area contributed by atoms with Gasteiger partial charge in [0.1, 0.15) is 5.82 Å². The van der Waals surface area contributed by atoms with Crippen molar-refractivity contribution in [1.82, 2.24) is 9.78 Å². The van der Waals surface area contributed by atoms with E-state index >= 15 is 0 Å². The molecule has 0 amide bonds. The first-order chi connectivity index (χ1) is 8.65. The standard InChI is InChI=1S/C14H18N4/c1-17-7-3-4-11-8-10(5-6-13(11)17)12-9-14(15)18(2)16-12/h5-6,8-9H,3-4,7,15H2,1-2H3. The Morgan fingerprint density at radius 2 is 2.06 bits per heavy atom. The van der Waals surface area contributed by atoms with E-state index in [1.165, 1.54) is 17.7 Å². The van der Waals surface area contributed by atoms with Crippen molar-refractivity contribution in [3.63, 3.8) is 0 Å². The molecule has 0 aliphatic carbocycles. The predicted octanol–water partition coefficient (Wildman–Crippen LogP) is 2.05. The lowest BCUT2D eigenvalue weighted by Gasteiger charge is -2.27. The highest BCUT2D eigenvalue weighted by molar-refractivity contribution is 5.68. The molecule has 0 saturated carbocycles. The fraction of sp³-hybridized carbons (Fsp3) is 0.357. The third-order valence-electron chi connectivity index (χ3n) is 3.64. The predicted molar refractivity (Wildman–Crippen MR) is 74.6 cm³/mol. The zero-order valence-electron chi connectivity index (χ0n) is 10.8. The monoisotopic (exact) mass is 242 g/mol. The van der Waals surface area contributed by atoms with Crippen LogP contribution in [-0.2, 0) is 13.5 Å². The smallest absolute Gasteiger partial charge is 0.121 e. The van der Waals surface area contributed by atoms with Crippen molar-refractivity contribution in [2.75, 3.05) is 24.2 Å². The Kier molecular flexibility index (Phi) is 2.51. The van der Waals surface area contributed by atoms with E-state index in [2.05, 4.69) is 35.2 Å². The molecule has 4 nitrogen and oxygen atoms in total. The molecule has 0 unspecified atom stereocenters. The minimum Gasteiger partial charge on any atom is -0.384 e. The molecule has 0 fully saturated rings. The second kappa shape index (κ2) is 4.05. The second-order valence-electron chi connectivity index (χ2n) is 4.95. The largest absolute Gasteiger partial charge is 0.384 e. The molecule has 1 aliphatic heterocycles. The summed E-state index contributed by atoms with van der Waals surface area (Å²) in [5.74, 6) is 0.694. The van der Waals surface area contributed by atoms with E-state index in [0.717, 1.165) is 24.2 Å². The summed E-state index contributed by atoms with van der Waals surface area (Å²) >= 11 is 0. The normalized spacial score (nSPS) is 14.7. The lowest BCUT2D eigenvalue weighted by atomic mass is 9.98. The average Bonchev–Trinajstić information content (AvgIpc) is 2.70. The summed E-state index contributed by atoms with van der Waals surface area (Å²) in [6.45, 7) is 1.14. The van der Waals surface area contributed by atoms with E-state index in [-0.39, 0.29) is 0 Å². The van der Waals surface area contributed by atoms with E-state index < -0.39 is 0 Å². The molecule has 0 spiro atoms. The van der Waals surface area contributed by atoms with Crippen LogP contribution in [0.1, 0.15) is 12.0 Å². The lowest BCUT2D eigenvalue weighted by Crippen LogP contribution is -2.24. The Bertz CT molecular complexity index is 566. The first-order valence-electron chi connectivity index (χ1n) is 6.29. The highest BCUT2D eigenvalue weighted by atomic mass is 15.3. The van der Waals surface area contributed by atoms with Gasteiger partial charge in [0.15, 0.2) is 0 Å². The Morgan fingerprint density at radius 3 is 2.78 bits per heavy atom. The molecule has 1 aliphatic rings. The number of aryl methyl sites for hydroxylation is 2. The second-order valence-corrected chi connectivity index (χ2v) is 4.95. The van der Waals surface area contributed by atoms with Crippen molar-refractivity contribution in [1.29, 1.82) is 0 Å². The molecule has 18 heavy (non-hydrogen) atoms. The molecule has 0 bridgehead atoms. The maximum absolute atomic E-state index is 5.83. The van der Waals surface area contributed by atoms with Crippen molar-refractivity contribution in [2.45, 2.75) is 12.8 Å². The minimum atomic E-state index is 0.694. The summed E-state index contributed by atoms with van der Waals surface area (Å²) < 4.78 is 1.71. The summed E-state index contributed by atoms with van der Waals surface area (Å²) in [6, 6.07) is 8.48. The Labute approximate surface area is 107 Å². The van der Waals surface area contributed by atoms with E-state index in [0.29, 0.717) is 5.82 Å². The van der Waals surface area contributed by atoms with Gasteiger partial charge in [0.05, 0.1) is 5.69 Å². The van der Waals surface area contributed by atoms with Gasteiger partial charge in [-0.15, -0.1) is 0 Å². The molecule has 0 atom stereocenters. The van der Waals surface area contributed by atoms with Gasteiger partial charge in [-0.25, -0.2) is 0 Å². The molecule has 2 heterocycles. The summed E-state index contributed by atoms with van der Waals surface area (Å²) in [6.07, 6.45) is 2.37. The van der Waals surface area contributed by atoms with Crippen LogP contribution < -0.4 is 10.6 Å². The fourth-order valence-corrected chi connectivity index (χ4v) is 2.57. The number of nitrogen functional groups attached to an aromatic ring is 1. The number of nitrogens with two attached hydrogens (primary N) is 1. The summed E-state index contributed by atoms with van der Waals surface area (Å²) in [5.41, 5.74) is 10.7. The number of hydrogen-bond acceptors (Lipinski definition) is 3. The van der Waals surface area contributed by atoms with Gasteiger partial charge in [-0.2, -0.15) is 5.10 Å². The van der Waals surface area contributed by atoms with Crippen molar-refractivity contribution >= 4 is 11.5 Å². The van der Waals surface area contributed by atoms with Crippen molar-refractivity contribution in [3.05, 3.63) is 29.8 Å². The third-order valence-corrected chi connectivity index (χ3v) is 3.64. The number of anilines is 2. The first kappa shape index (κ1) is 11.1.